The maximum atomic E-state index is 13.3. The molecule has 110 valence electrons. The van der Waals surface area contributed by atoms with Gasteiger partial charge in [-0.1, -0.05) is 12.1 Å². The molecule has 0 radical (unpaired) electrons. The van der Waals surface area contributed by atoms with Crippen LogP contribution in [0.1, 0.15) is 20.3 Å². The second kappa shape index (κ2) is 6.88. The van der Waals surface area contributed by atoms with Gasteiger partial charge in [-0.15, -0.1) is 0 Å². The third-order valence-electron chi connectivity index (χ3n) is 2.57. The van der Waals surface area contributed by atoms with Gasteiger partial charge in [-0.2, -0.15) is 0 Å². The van der Waals surface area contributed by atoms with Gasteiger partial charge in [-0.05, 0) is 26.0 Å². The zero-order valence-electron chi connectivity index (χ0n) is 11.7. The molecule has 0 bridgehead atoms. The number of hydrogen-bond donors (Lipinski definition) is 1. The Balaban J connectivity index is 2.41. The summed E-state index contributed by atoms with van der Waals surface area (Å²) in [5.74, 6) is -1.31. The quantitative estimate of drug-likeness (QED) is 0.806. The van der Waals surface area contributed by atoms with Gasteiger partial charge < -0.3 is 14.8 Å². The molecule has 0 aliphatic rings. The van der Waals surface area contributed by atoms with Crippen LogP contribution in [0.4, 0.5) is 4.39 Å². The molecule has 20 heavy (non-hydrogen) atoms. The van der Waals surface area contributed by atoms with Crippen LogP contribution in [-0.4, -0.2) is 31.1 Å². The van der Waals surface area contributed by atoms with Crippen LogP contribution in [0.5, 0.6) is 5.75 Å². The van der Waals surface area contributed by atoms with E-state index in [9.17, 15) is 14.0 Å². The van der Waals surface area contributed by atoms with Gasteiger partial charge >= 0.3 is 5.97 Å². The van der Waals surface area contributed by atoms with Crippen LogP contribution >= 0.6 is 0 Å². The second-order valence-electron chi connectivity index (χ2n) is 4.69. The number of esters is 1. The number of amides is 1. The first-order valence-corrected chi connectivity index (χ1v) is 6.13. The Hall–Kier alpha value is -2.11. The lowest BCUT2D eigenvalue weighted by molar-refractivity contribution is -0.149. The van der Waals surface area contributed by atoms with Gasteiger partial charge in [0.1, 0.15) is 5.54 Å². The highest BCUT2D eigenvalue weighted by Crippen LogP contribution is 2.15. The topological polar surface area (TPSA) is 64.6 Å². The molecule has 0 aliphatic heterocycles. The molecule has 0 heterocycles. The molecule has 1 rings (SSSR count). The van der Waals surface area contributed by atoms with Crippen molar-refractivity contribution in [2.75, 3.05) is 13.7 Å². The van der Waals surface area contributed by atoms with Crippen molar-refractivity contribution in [1.29, 1.82) is 0 Å². The van der Waals surface area contributed by atoms with Crippen LogP contribution in [-0.2, 0) is 14.3 Å². The molecule has 0 atom stereocenters. The van der Waals surface area contributed by atoms with Gasteiger partial charge in [-0.3, -0.25) is 4.79 Å². The predicted octanol–water partition coefficient (Wildman–Crippen LogP) is 1.66. The highest BCUT2D eigenvalue weighted by molar-refractivity contribution is 5.87. The fraction of sp³-hybridized carbons (Fsp3) is 0.429. The first-order valence-electron chi connectivity index (χ1n) is 6.13. The van der Waals surface area contributed by atoms with E-state index in [4.69, 9.17) is 4.74 Å². The summed E-state index contributed by atoms with van der Waals surface area (Å²) < 4.78 is 23.0. The fourth-order valence-corrected chi connectivity index (χ4v) is 1.53. The number of nitrogens with one attached hydrogen (secondary N) is 1. The van der Waals surface area contributed by atoms with E-state index in [1.54, 1.807) is 12.1 Å². The van der Waals surface area contributed by atoms with Crippen molar-refractivity contribution in [1.82, 2.24) is 5.32 Å². The number of para-hydroxylation sites is 1. The molecule has 1 aromatic carbocycles. The van der Waals surface area contributed by atoms with Crippen molar-refractivity contribution in [3.05, 3.63) is 30.1 Å². The van der Waals surface area contributed by atoms with E-state index in [1.165, 1.54) is 33.1 Å². The summed E-state index contributed by atoms with van der Waals surface area (Å²) in [6.45, 7) is 3.09. The summed E-state index contributed by atoms with van der Waals surface area (Å²) in [4.78, 5) is 23.1. The molecule has 0 unspecified atom stereocenters. The van der Waals surface area contributed by atoms with Crippen LogP contribution in [0.2, 0.25) is 0 Å². The van der Waals surface area contributed by atoms with Gasteiger partial charge in [-0.25, -0.2) is 9.18 Å². The molecular formula is C14H18FNO4. The molecule has 1 aromatic rings. The van der Waals surface area contributed by atoms with Gasteiger partial charge in [0.15, 0.2) is 11.6 Å². The number of hydrogen-bond acceptors (Lipinski definition) is 4. The summed E-state index contributed by atoms with van der Waals surface area (Å²) >= 11 is 0. The number of ether oxygens (including phenoxy) is 2. The number of carbonyl (C=O) groups excluding carboxylic acids is 2. The second-order valence-corrected chi connectivity index (χ2v) is 4.69. The molecule has 5 nitrogen and oxygen atoms in total. The SMILES string of the molecule is COC(=O)C(C)(C)NC(=O)CCOc1ccccc1F. The van der Waals surface area contributed by atoms with Crippen LogP contribution < -0.4 is 10.1 Å². The zero-order valence-corrected chi connectivity index (χ0v) is 11.7. The third-order valence-corrected chi connectivity index (χ3v) is 2.57. The summed E-state index contributed by atoms with van der Waals surface area (Å²) in [7, 11) is 1.25. The average Bonchev–Trinajstić information content (AvgIpc) is 2.39. The van der Waals surface area contributed by atoms with Gasteiger partial charge in [0.05, 0.1) is 20.1 Å². The van der Waals surface area contributed by atoms with E-state index >= 15 is 0 Å². The van der Waals surface area contributed by atoms with E-state index < -0.39 is 17.3 Å². The summed E-state index contributed by atoms with van der Waals surface area (Å²) in [6, 6.07) is 5.94. The van der Waals surface area contributed by atoms with Crippen molar-refractivity contribution in [2.45, 2.75) is 25.8 Å². The minimum absolute atomic E-state index is 0.00869. The smallest absolute Gasteiger partial charge is 0.330 e. The number of halogens is 1. The van der Waals surface area contributed by atoms with Gasteiger partial charge in [0.25, 0.3) is 0 Å². The van der Waals surface area contributed by atoms with E-state index in [-0.39, 0.29) is 24.7 Å². The summed E-state index contributed by atoms with van der Waals surface area (Å²) in [5, 5.41) is 2.52. The Morgan fingerprint density at radius 2 is 1.95 bits per heavy atom. The number of benzene rings is 1. The number of rotatable bonds is 6. The van der Waals surface area contributed by atoms with Gasteiger partial charge in [0, 0.05) is 0 Å². The highest BCUT2D eigenvalue weighted by Gasteiger charge is 2.30. The maximum absolute atomic E-state index is 13.3. The van der Waals surface area contributed by atoms with Crippen molar-refractivity contribution in [2.24, 2.45) is 0 Å². The molecule has 1 amide bonds. The number of carbonyl (C=O) groups is 2. The third kappa shape index (κ3) is 4.53. The molecule has 6 heteroatoms. The zero-order chi connectivity index (χ0) is 15.2. The van der Waals surface area contributed by atoms with E-state index in [0.717, 1.165) is 0 Å². The van der Waals surface area contributed by atoms with E-state index in [1.807, 2.05) is 0 Å². The standard InChI is InChI=1S/C14H18FNO4/c1-14(2,13(18)19-3)16-12(17)8-9-20-11-7-5-4-6-10(11)15/h4-7H,8-9H2,1-3H3,(H,16,17). The molecule has 0 spiro atoms. The fourth-order valence-electron chi connectivity index (χ4n) is 1.53. The van der Waals surface area contributed by atoms with Crippen LogP contribution in [0.25, 0.3) is 0 Å². The Morgan fingerprint density at radius 3 is 2.55 bits per heavy atom. The minimum atomic E-state index is -1.11. The Bertz CT molecular complexity index is 488. The molecule has 0 aromatic heterocycles. The van der Waals surface area contributed by atoms with Crippen LogP contribution in [0.3, 0.4) is 0 Å². The minimum Gasteiger partial charge on any atom is -0.490 e. The number of methoxy groups -OCH3 is 1. The van der Waals surface area contributed by atoms with Crippen molar-refractivity contribution in [3.8, 4) is 5.75 Å². The van der Waals surface area contributed by atoms with Gasteiger partial charge in [0.2, 0.25) is 5.91 Å². The molecule has 0 saturated carbocycles. The lowest BCUT2D eigenvalue weighted by Crippen LogP contribution is -2.50. The molecule has 1 N–H and O–H groups in total. The van der Waals surface area contributed by atoms with Crippen LogP contribution in [0, 0.1) is 5.82 Å². The lowest BCUT2D eigenvalue weighted by atomic mass is 10.1. The van der Waals surface area contributed by atoms with Crippen molar-refractivity contribution >= 4 is 11.9 Å². The van der Waals surface area contributed by atoms with E-state index in [2.05, 4.69) is 10.1 Å². The summed E-state index contributed by atoms with van der Waals surface area (Å²) in [5.41, 5.74) is -1.11. The van der Waals surface area contributed by atoms with Crippen molar-refractivity contribution in [3.63, 3.8) is 0 Å². The Morgan fingerprint density at radius 1 is 1.30 bits per heavy atom. The van der Waals surface area contributed by atoms with Crippen LogP contribution in [0.15, 0.2) is 24.3 Å². The maximum Gasteiger partial charge on any atom is 0.330 e. The Kier molecular flexibility index (Phi) is 5.49. The largest absolute Gasteiger partial charge is 0.490 e. The Labute approximate surface area is 117 Å². The molecule has 0 fully saturated rings. The van der Waals surface area contributed by atoms with Crippen molar-refractivity contribution < 1.29 is 23.5 Å². The monoisotopic (exact) mass is 283 g/mol. The molecule has 0 aliphatic carbocycles. The normalized spacial score (nSPS) is 10.8. The average molecular weight is 283 g/mol. The lowest BCUT2D eigenvalue weighted by Gasteiger charge is -2.23. The first-order chi connectivity index (χ1) is 9.36. The first kappa shape index (κ1) is 15.9. The highest BCUT2D eigenvalue weighted by atomic mass is 19.1. The molecular weight excluding hydrogens is 265 g/mol. The molecule has 0 saturated heterocycles. The summed E-state index contributed by atoms with van der Waals surface area (Å²) in [6.07, 6.45) is 0.00869. The van der Waals surface area contributed by atoms with E-state index in [0.29, 0.717) is 0 Å². The predicted molar refractivity (Wildman–Crippen MR) is 70.7 cm³/mol.